The summed E-state index contributed by atoms with van der Waals surface area (Å²) in [5.41, 5.74) is 0.183. The van der Waals surface area contributed by atoms with E-state index in [0.29, 0.717) is 23.5 Å². The normalized spacial score (nSPS) is 34.4. The molecule has 0 spiro atoms. The molecule has 1 aliphatic carbocycles. The van der Waals surface area contributed by atoms with E-state index in [1.54, 1.807) is 0 Å². The molecule has 1 fully saturated rings. The van der Waals surface area contributed by atoms with E-state index < -0.39 is 0 Å². The standard InChI is InChI=1S/C16H30O/c1-7-11(2)10-14(17)15-12(3)8-9-13(4)16(15,5)6/h11-13,15H,7-10H2,1-6H3. The van der Waals surface area contributed by atoms with E-state index in [0.717, 1.165) is 12.8 Å². The number of hydrogen-bond acceptors (Lipinski definition) is 1. The first-order chi connectivity index (χ1) is 7.80. The summed E-state index contributed by atoms with van der Waals surface area (Å²) in [6, 6.07) is 0. The van der Waals surface area contributed by atoms with Gasteiger partial charge in [-0.05, 0) is 36.0 Å². The average Bonchev–Trinajstić information content (AvgIpc) is 2.23. The minimum absolute atomic E-state index is 0.183. The van der Waals surface area contributed by atoms with Crippen LogP contribution < -0.4 is 0 Å². The zero-order valence-electron chi connectivity index (χ0n) is 12.5. The van der Waals surface area contributed by atoms with E-state index >= 15 is 0 Å². The second kappa shape index (κ2) is 5.54. The molecular formula is C16H30O. The molecule has 100 valence electrons. The molecule has 0 aromatic carbocycles. The van der Waals surface area contributed by atoms with E-state index in [9.17, 15) is 4.79 Å². The van der Waals surface area contributed by atoms with Gasteiger partial charge in [0.25, 0.3) is 0 Å². The Labute approximate surface area is 107 Å². The van der Waals surface area contributed by atoms with Crippen molar-refractivity contribution in [2.75, 3.05) is 0 Å². The molecule has 0 saturated heterocycles. The van der Waals surface area contributed by atoms with Gasteiger partial charge in [0.2, 0.25) is 0 Å². The molecular weight excluding hydrogens is 208 g/mol. The lowest BCUT2D eigenvalue weighted by Gasteiger charge is -2.46. The molecule has 0 radical (unpaired) electrons. The molecule has 17 heavy (non-hydrogen) atoms. The van der Waals surface area contributed by atoms with Gasteiger partial charge in [-0.1, -0.05) is 48.0 Å². The van der Waals surface area contributed by atoms with Crippen molar-refractivity contribution in [2.24, 2.45) is 29.1 Å². The maximum absolute atomic E-state index is 12.5. The van der Waals surface area contributed by atoms with Crippen LogP contribution in [0, 0.1) is 29.1 Å². The largest absolute Gasteiger partial charge is 0.299 e. The first-order valence-electron chi connectivity index (χ1n) is 7.33. The summed E-state index contributed by atoms with van der Waals surface area (Å²) < 4.78 is 0. The molecule has 0 aliphatic heterocycles. The highest BCUT2D eigenvalue weighted by Gasteiger charge is 2.45. The fraction of sp³-hybridized carbons (Fsp3) is 0.938. The van der Waals surface area contributed by atoms with Crippen molar-refractivity contribution in [3.8, 4) is 0 Å². The Kier molecular flexibility index (Phi) is 4.80. The SMILES string of the molecule is CCC(C)CC(=O)C1C(C)CCC(C)C1(C)C. The maximum Gasteiger partial charge on any atom is 0.137 e. The highest BCUT2D eigenvalue weighted by atomic mass is 16.1. The van der Waals surface area contributed by atoms with Crippen LogP contribution in [0.2, 0.25) is 0 Å². The number of carbonyl (C=O) groups is 1. The fourth-order valence-corrected chi connectivity index (χ4v) is 3.44. The van der Waals surface area contributed by atoms with E-state index in [2.05, 4.69) is 41.5 Å². The Morgan fingerprint density at radius 1 is 1.29 bits per heavy atom. The van der Waals surface area contributed by atoms with Gasteiger partial charge in [0.05, 0.1) is 0 Å². The lowest BCUT2D eigenvalue weighted by molar-refractivity contribution is -0.133. The molecule has 0 heterocycles. The van der Waals surface area contributed by atoms with Crippen molar-refractivity contribution in [1.82, 2.24) is 0 Å². The Hall–Kier alpha value is -0.330. The summed E-state index contributed by atoms with van der Waals surface area (Å²) in [7, 11) is 0. The molecule has 4 atom stereocenters. The van der Waals surface area contributed by atoms with Gasteiger partial charge in [-0.2, -0.15) is 0 Å². The highest BCUT2D eigenvalue weighted by Crippen LogP contribution is 2.48. The number of ketones is 1. The fourth-order valence-electron chi connectivity index (χ4n) is 3.44. The van der Waals surface area contributed by atoms with Crippen LogP contribution in [0.4, 0.5) is 0 Å². The third-order valence-corrected chi connectivity index (χ3v) is 5.29. The zero-order chi connectivity index (χ0) is 13.2. The first-order valence-corrected chi connectivity index (χ1v) is 7.33. The molecule has 0 amide bonds. The predicted molar refractivity (Wildman–Crippen MR) is 73.9 cm³/mol. The van der Waals surface area contributed by atoms with Crippen LogP contribution in [-0.2, 0) is 4.79 Å². The van der Waals surface area contributed by atoms with Gasteiger partial charge in [-0.15, -0.1) is 0 Å². The van der Waals surface area contributed by atoms with Gasteiger partial charge in [-0.3, -0.25) is 4.79 Å². The molecule has 1 rings (SSSR count). The summed E-state index contributed by atoms with van der Waals surface area (Å²) in [5.74, 6) is 2.58. The smallest absolute Gasteiger partial charge is 0.137 e. The number of hydrogen-bond donors (Lipinski definition) is 0. The van der Waals surface area contributed by atoms with E-state index in [4.69, 9.17) is 0 Å². The minimum atomic E-state index is 0.183. The van der Waals surface area contributed by atoms with Crippen molar-refractivity contribution in [3.05, 3.63) is 0 Å². The third kappa shape index (κ3) is 3.11. The summed E-state index contributed by atoms with van der Waals surface area (Å²) in [6.07, 6.45) is 4.40. The second-order valence-corrected chi connectivity index (χ2v) is 6.94. The first kappa shape index (κ1) is 14.7. The third-order valence-electron chi connectivity index (χ3n) is 5.29. The van der Waals surface area contributed by atoms with Crippen LogP contribution in [0.3, 0.4) is 0 Å². The number of rotatable bonds is 4. The highest BCUT2D eigenvalue weighted by molar-refractivity contribution is 5.82. The molecule has 1 aliphatic rings. The van der Waals surface area contributed by atoms with Crippen molar-refractivity contribution < 1.29 is 4.79 Å². The van der Waals surface area contributed by atoms with E-state index in [-0.39, 0.29) is 11.3 Å². The van der Waals surface area contributed by atoms with Gasteiger partial charge in [0.15, 0.2) is 0 Å². The van der Waals surface area contributed by atoms with Crippen molar-refractivity contribution >= 4 is 5.78 Å². The Morgan fingerprint density at radius 3 is 2.41 bits per heavy atom. The monoisotopic (exact) mass is 238 g/mol. The molecule has 0 aromatic rings. The van der Waals surface area contributed by atoms with Crippen molar-refractivity contribution in [1.29, 1.82) is 0 Å². The van der Waals surface area contributed by atoms with Gasteiger partial charge >= 0.3 is 0 Å². The Balaban J connectivity index is 2.80. The molecule has 0 N–H and O–H groups in total. The summed E-state index contributed by atoms with van der Waals surface area (Å²) in [4.78, 5) is 12.5. The second-order valence-electron chi connectivity index (χ2n) is 6.94. The average molecular weight is 238 g/mol. The molecule has 0 bridgehead atoms. The van der Waals surface area contributed by atoms with Crippen LogP contribution in [0.5, 0.6) is 0 Å². The van der Waals surface area contributed by atoms with E-state index in [1.165, 1.54) is 12.8 Å². The van der Waals surface area contributed by atoms with Crippen LogP contribution in [0.25, 0.3) is 0 Å². The predicted octanol–water partition coefficient (Wildman–Crippen LogP) is 4.70. The molecule has 1 saturated carbocycles. The number of carbonyl (C=O) groups excluding carboxylic acids is 1. The molecule has 1 heteroatoms. The quantitative estimate of drug-likeness (QED) is 0.694. The van der Waals surface area contributed by atoms with Crippen LogP contribution in [0.1, 0.15) is 67.2 Å². The molecule has 0 aromatic heterocycles. The van der Waals surface area contributed by atoms with Gasteiger partial charge in [-0.25, -0.2) is 0 Å². The maximum atomic E-state index is 12.5. The lowest BCUT2D eigenvalue weighted by Crippen LogP contribution is -2.44. The number of Topliss-reactive ketones (excluding diaryl/α,β-unsaturated/α-hetero) is 1. The Morgan fingerprint density at radius 2 is 1.88 bits per heavy atom. The Bertz CT molecular complexity index is 267. The summed E-state index contributed by atoms with van der Waals surface area (Å²) >= 11 is 0. The van der Waals surface area contributed by atoms with Gasteiger partial charge in [0.1, 0.15) is 5.78 Å². The van der Waals surface area contributed by atoms with Crippen molar-refractivity contribution in [2.45, 2.75) is 67.2 Å². The van der Waals surface area contributed by atoms with Gasteiger partial charge < -0.3 is 0 Å². The van der Waals surface area contributed by atoms with Crippen LogP contribution in [0.15, 0.2) is 0 Å². The van der Waals surface area contributed by atoms with Crippen LogP contribution >= 0.6 is 0 Å². The van der Waals surface area contributed by atoms with Crippen molar-refractivity contribution in [3.63, 3.8) is 0 Å². The minimum Gasteiger partial charge on any atom is -0.299 e. The zero-order valence-corrected chi connectivity index (χ0v) is 12.5. The lowest BCUT2D eigenvalue weighted by atomic mass is 9.57. The van der Waals surface area contributed by atoms with E-state index in [1.807, 2.05) is 0 Å². The molecule has 1 nitrogen and oxygen atoms in total. The molecule has 4 unspecified atom stereocenters. The summed E-state index contributed by atoms with van der Waals surface area (Å²) in [6.45, 7) is 13.6. The summed E-state index contributed by atoms with van der Waals surface area (Å²) in [5, 5.41) is 0. The van der Waals surface area contributed by atoms with Gasteiger partial charge in [0, 0.05) is 12.3 Å². The topological polar surface area (TPSA) is 17.1 Å². The van der Waals surface area contributed by atoms with Crippen LogP contribution in [-0.4, -0.2) is 5.78 Å².